The van der Waals surface area contributed by atoms with Crippen molar-refractivity contribution >= 4 is 15.9 Å². The van der Waals surface area contributed by atoms with E-state index in [1.54, 1.807) is 30.9 Å². The number of piperazine rings is 1. The summed E-state index contributed by atoms with van der Waals surface area (Å²) in [6.07, 6.45) is -0.672. The molecule has 7 nitrogen and oxygen atoms in total. The second kappa shape index (κ2) is 7.18. The molecule has 1 aromatic rings. The van der Waals surface area contributed by atoms with Gasteiger partial charge in [0.05, 0.1) is 5.75 Å². The second-order valence-corrected chi connectivity index (χ2v) is 7.64. The van der Waals surface area contributed by atoms with E-state index >= 15 is 0 Å². The van der Waals surface area contributed by atoms with E-state index in [0.717, 1.165) is 0 Å². The fraction of sp³-hybridized carbons (Fsp3) is 0.533. The molecule has 0 aromatic heterocycles. The van der Waals surface area contributed by atoms with E-state index in [-0.39, 0.29) is 17.4 Å². The minimum absolute atomic E-state index is 0.0707. The van der Waals surface area contributed by atoms with Crippen molar-refractivity contribution in [2.75, 3.05) is 31.9 Å². The van der Waals surface area contributed by atoms with Gasteiger partial charge < -0.3 is 14.7 Å². The van der Waals surface area contributed by atoms with E-state index < -0.39 is 16.1 Å². The molecule has 23 heavy (non-hydrogen) atoms. The van der Waals surface area contributed by atoms with Crippen LogP contribution in [0.1, 0.15) is 13.8 Å². The van der Waals surface area contributed by atoms with E-state index in [0.29, 0.717) is 31.9 Å². The van der Waals surface area contributed by atoms with Gasteiger partial charge in [0.25, 0.3) is 5.91 Å². The van der Waals surface area contributed by atoms with Crippen LogP contribution in [0.25, 0.3) is 0 Å². The van der Waals surface area contributed by atoms with E-state index in [1.165, 1.54) is 16.4 Å². The van der Waals surface area contributed by atoms with Gasteiger partial charge in [-0.05, 0) is 38.1 Å². The summed E-state index contributed by atoms with van der Waals surface area (Å²) in [6.45, 7) is 4.62. The lowest BCUT2D eigenvalue weighted by Crippen LogP contribution is -2.53. The van der Waals surface area contributed by atoms with Gasteiger partial charge in [-0.2, -0.15) is 4.31 Å². The zero-order valence-electron chi connectivity index (χ0n) is 13.3. The Morgan fingerprint density at radius 1 is 1.22 bits per heavy atom. The molecule has 1 saturated heterocycles. The average Bonchev–Trinajstić information content (AvgIpc) is 2.56. The Morgan fingerprint density at radius 2 is 1.78 bits per heavy atom. The summed E-state index contributed by atoms with van der Waals surface area (Å²) in [4.78, 5) is 14.0. The van der Waals surface area contributed by atoms with Crippen LogP contribution in [0.4, 0.5) is 0 Å². The normalized spacial score (nSPS) is 17.7. The number of amides is 1. The van der Waals surface area contributed by atoms with Gasteiger partial charge in [0.1, 0.15) is 11.5 Å². The molecule has 1 unspecified atom stereocenters. The number of sulfonamides is 1. The van der Waals surface area contributed by atoms with Crippen LogP contribution in [0.3, 0.4) is 0 Å². The highest BCUT2D eigenvalue weighted by molar-refractivity contribution is 7.89. The van der Waals surface area contributed by atoms with Crippen LogP contribution in [0.5, 0.6) is 11.5 Å². The topological polar surface area (TPSA) is 87.2 Å². The smallest absolute Gasteiger partial charge is 0.263 e. The number of hydrogen-bond acceptors (Lipinski definition) is 5. The van der Waals surface area contributed by atoms with Gasteiger partial charge in [0.2, 0.25) is 10.0 Å². The van der Waals surface area contributed by atoms with Crippen molar-refractivity contribution < 1.29 is 23.1 Å². The number of hydrogen-bond donors (Lipinski definition) is 1. The summed E-state index contributed by atoms with van der Waals surface area (Å²) < 4.78 is 30.6. The summed E-state index contributed by atoms with van der Waals surface area (Å²) >= 11 is 0. The first-order valence-electron chi connectivity index (χ1n) is 7.56. The van der Waals surface area contributed by atoms with Crippen molar-refractivity contribution in [3.05, 3.63) is 24.3 Å². The van der Waals surface area contributed by atoms with Crippen LogP contribution in [0.2, 0.25) is 0 Å². The minimum atomic E-state index is -3.20. The maximum Gasteiger partial charge on any atom is 0.263 e. The highest BCUT2D eigenvalue weighted by Gasteiger charge is 2.30. The summed E-state index contributed by atoms with van der Waals surface area (Å²) in [5, 5.41) is 9.23. The molecule has 0 radical (unpaired) electrons. The third-order valence-corrected chi connectivity index (χ3v) is 5.69. The summed E-state index contributed by atoms with van der Waals surface area (Å²) in [6, 6.07) is 6.15. The van der Waals surface area contributed by atoms with Crippen LogP contribution < -0.4 is 4.74 Å². The number of phenolic OH excluding ortho intramolecular Hbond substituents is 1. The van der Waals surface area contributed by atoms with Gasteiger partial charge >= 0.3 is 0 Å². The Hall–Kier alpha value is -1.80. The zero-order valence-corrected chi connectivity index (χ0v) is 14.1. The number of phenols is 1. The molecule has 1 atom stereocenters. The Kier molecular flexibility index (Phi) is 5.48. The minimum Gasteiger partial charge on any atom is -0.508 e. The summed E-state index contributed by atoms with van der Waals surface area (Å²) in [5.41, 5.74) is 0. The number of ether oxygens (including phenoxy) is 1. The maximum atomic E-state index is 12.4. The van der Waals surface area contributed by atoms with Gasteiger partial charge in [-0.25, -0.2) is 8.42 Å². The first-order chi connectivity index (χ1) is 10.8. The predicted octanol–water partition coefficient (Wildman–Crippen LogP) is 0.653. The third-order valence-electron chi connectivity index (χ3n) is 3.81. The molecule has 1 heterocycles. The number of carbonyl (C=O) groups excluding carboxylic acids is 1. The molecule has 0 saturated carbocycles. The Morgan fingerprint density at radius 3 is 2.30 bits per heavy atom. The van der Waals surface area contributed by atoms with E-state index in [1.807, 2.05) is 0 Å². The van der Waals surface area contributed by atoms with Crippen molar-refractivity contribution in [3.8, 4) is 11.5 Å². The molecule has 128 valence electrons. The molecule has 1 aliphatic heterocycles. The van der Waals surface area contributed by atoms with Crippen molar-refractivity contribution in [3.63, 3.8) is 0 Å². The molecule has 1 N–H and O–H groups in total. The fourth-order valence-corrected chi connectivity index (χ4v) is 3.49. The quantitative estimate of drug-likeness (QED) is 0.849. The van der Waals surface area contributed by atoms with E-state index in [2.05, 4.69) is 0 Å². The highest BCUT2D eigenvalue weighted by atomic mass is 32.2. The molecule has 8 heteroatoms. The maximum absolute atomic E-state index is 12.4. The largest absolute Gasteiger partial charge is 0.508 e. The lowest BCUT2D eigenvalue weighted by molar-refractivity contribution is -0.139. The fourth-order valence-electron chi connectivity index (χ4n) is 2.41. The van der Waals surface area contributed by atoms with Crippen LogP contribution in [0.15, 0.2) is 24.3 Å². The second-order valence-electron chi connectivity index (χ2n) is 5.38. The average molecular weight is 342 g/mol. The van der Waals surface area contributed by atoms with E-state index in [9.17, 15) is 18.3 Å². The number of rotatable bonds is 5. The Balaban J connectivity index is 1.90. The van der Waals surface area contributed by atoms with Crippen molar-refractivity contribution in [2.45, 2.75) is 20.0 Å². The monoisotopic (exact) mass is 342 g/mol. The number of nitrogens with zero attached hydrogens (tertiary/aromatic N) is 2. The van der Waals surface area contributed by atoms with Crippen LogP contribution in [0, 0.1) is 0 Å². The molecular formula is C15H22N2O5S. The van der Waals surface area contributed by atoms with Crippen molar-refractivity contribution in [1.82, 2.24) is 9.21 Å². The first kappa shape index (κ1) is 17.6. The number of carbonyl (C=O) groups is 1. The zero-order chi connectivity index (χ0) is 17.0. The van der Waals surface area contributed by atoms with Crippen LogP contribution in [-0.2, 0) is 14.8 Å². The summed E-state index contributed by atoms with van der Waals surface area (Å²) in [5.74, 6) is 0.522. The third kappa shape index (κ3) is 4.35. The lowest BCUT2D eigenvalue weighted by atomic mass is 10.2. The van der Waals surface area contributed by atoms with Gasteiger partial charge in [0.15, 0.2) is 6.10 Å². The SMILES string of the molecule is CCS(=O)(=O)N1CCN(C(=O)C(C)Oc2ccc(O)cc2)CC1. The molecule has 1 amide bonds. The van der Waals surface area contributed by atoms with Crippen LogP contribution in [-0.4, -0.2) is 66.7 Å². The molecule has 2 rings (SSSR count). The predicted molar refractivity (Wildman–Crippen MR) is 85.8 cm³/mol. The summed E-state index contributed by atoms with van der Waals surface area (Å²) in [7, 11) is -3.20. The number of aromatic hydroxyl groups is 1. The molecule has 1 fully saturated rings. The molecule has 1 aliphatic rings. The lowest BCUT2D eigenvalue weighted by Gasteiger charge is -2.35. The molecule has 0 aliphatic carbocycles. The van der Waals surface area contributed by atoms with Crippen molar-refractivity contribution in [2.24, 2.45) is 0 Å². The van der Waals surface area contributed by atoms with Crippen LogP contribution >= 0.6 is 0 Å². The number of benzene rings is 1. The molecule has 0 bridgehead atoms. The Bertz CT molecular complexity index is 636. The standard InChI is InChI=1S/C15H22N2O5S/c1-3-23(20,21)17-10-8-16(9-11-17)15(19)12(2)22-14-6-4-13(18)5-7-14/h4-7,12,18H,3,8-11H2,1-2H3. The van der Waals surface area contributed by atoms with Gasteiger partial charge in [-0.1, -0.05) is 0 Å². The molecular weight excluding hydrogens is 320 g/mol. The van der Waals surface area contributed by atoms with Gasteiger partial charge in [-0.3, -0.25) is 4.79 Å². The molecule has 1 aromatic carbocycles. The van der Waals surface area contributed by atoms with Gasteiger partial charge in [0, 0.05) is 26.2 Å². The first-order valence-corrected chi connectivity index (χ1v) is 9.16. The molecule has 0 spiro atoms. The van der Waals surface area contributed by atoms with Crippen molar-refractivity contribution in [1.29, 1.82) is 0 Å². The highest BCUT2D eigenvalue weighted by Crippen LogP contribution is 2.18. The van der Waals surface area contributed by atoms with Gasteiger partial charge in [-0.15, -0.1) is 0 Å². The van der Waals surface area contributed by atoms with E-state index in [4.69, 9.17) is 4.74 Å². The Labute approximate surface area is 136 Å².